The molecule has 1 aromatic carbocycles. The van der Waals surface area contributed by atoms with Crippen LogP contribution >= 0.6 is 0 Å². The summed E-state index contributed by atoms with van der Waals surface area (Å²) in [7, 11) is 0. The first-order chi connectivity index (χ1) is 12.8. The van der Waals surface area contributed by atoms with Crippen molar-refractivity contribution in [2.75, 3.05) is 19.6 Å². The van der Waals surface area contributed by atoms with Gasteiger partial charge in [-0.05, 0) is 24.1 Å². The third kappa shape index (κ3) is 3.56. The molecule has 1 aliphatic rings. The minimum atomic E-state index is -0.0500. The molecule has 2 amide bonds. The number of hydrogen-bond donors (Lipinski definition) is 1. The molecule has 0 saturated carbocycles. The van der Waals surface area contributed by atoms with E-state index in [1.807, 2.05) is 30.3 Å². The molecule has 0 unspecified atom stereocenters. The van der Waals surface area contributed by atoms with Gasteiger partial charge in [0.15, 0.2) is 0 Å². The van der Waals surface area contributed by atoms with Crippen molar-refractivity contribution in [3.05, 3.63) is 66.3 Å². The summed E-state index contributed by atoms with van der Waals surface area (Å²) in [6.45, 7) is 1.81. The van der Waals surface area contributed by atoms with E-state index in [9.17, 15) is 4.79 Å². The highest BCUT2D eigenvalue weighted by molar-refractivity contribution is 5.75. The number of aromatic nitrogens is 3. The quantitative estimate of drug-likeness (QED) is 0.765. The summed E-state index contributed by atoms with van der Waals surface area (Å²) in [6.07, 6.45) is 4.20. The van der Waals surface area contributed by atoms with Gasteiger partial charge in [-0.3, -0.25) is 4.98 Å². The minimum Gasteiger partial charge on any atom is -0.339 e. The Morgan fingerprint density at radius 3 is 2.69 bits per heavy atom. The van der Waals surface area contributed by atoms with Crippen LogP contribution in [0.4, 0.5) is 4.79 Å². The van der Waals surface area contributed by atoms with E-state index in [1.165, 1.54) is 5.56 Å². The topological polar surface area (TPSA) is 84.2 Å². The molecule has 0 radical (unpaired) electrons. The predicted octanol–water partition coefficient (Wildman–Crippen LogP) is 2.48. The first kappa shape index (κ1) is 16.3. The largest absolute Gasteiger partial charge is 0.339 e. The average Bonchev–Trinajstić information content (AvgIpc) is 3.12. The minimum absolute atomic E-state index is 0.0500. The third-order valence-corrected chi connectivity index (χ3v) is 4.43. The number of hydrogen-bond acceptors (Lipinski definition) is 5. The van der Waals surface area contributed by atoms with Gasteiger partial charge in [0.2, 0.25) is 11.7 Å². The van der Waals surface area contributed by atoms with Crippen LogP contribution in [-0.4, -0.2) is 45.7 Å². The molecule has 1 N–H and O–H groups in total. The van der Waals surface area contributed by atoms with E-state index in [1.54, 1.807) is 17.3 Å². The molecular formula is C19H19N5O2. The van der Waals surface area contributed by atoms with Gasteiger partial charge in [-0.2, -0.15) is 4.98 Å². The van der Waals surface area contributed by atoms with Crippen molar-refractivity contribution in [1.29, 1.82) is 0 Å². The van der Waals surface area contributed by atoms with E-state index in [-0.39, 0.29) is 11.9 Å². The van der Waals surface area contributed by atoms with Crippen molar-refractivity contribution in [3.8, 4) is 11.4 Å². The molecule has 7 nitrogen and oxygen atoms in total. The maximum absolute atomic E-state index is 12.2. The molecule has 132 valence electrons. The first-order valence-electron chi connectivity index (χ1n) is 8.60. The molecule has 2 aromatic heterocycles. The molecule has 0 aliphatic carbocycles. The molecule has 4 rings (SSSR count). The van der Waals surface area contributed by atoms with E-state index in [0.29, 0.717) is 31.3 Å². The molecule has 7 heteroatoms. The summed E-state index contributed by atoms with van der Waals surface area (Å²) in [5, 5.41) is 6.96. The van der Waals surface area contributed by atoms with Crippen LogP contribution in [-0.2, 0) is 6.42 Å². The number of likely N-dealkylation sites (tertiary alicyclic amines) is 1. The van der Waals surface area contributed by atoms with Crippen LogP contribution < -0.4 is 5.32 Å². The first-order valence-corrected chi connectivity index (χ1v) is 8.60. The molecule has 26 heavy (non-hydrogen) atoms. The van der Waals surface area contributed by atoms with Crippen molar-refractivity contribution >= 4 is 6.03 Å². The lowest BCUT2D eigenvalue weighted by Gasteiger charge is -2.36. The molecule has 0 atom stereocenters. The lowest BCUT2D eigenvalue weighted by molar-refractivity contribution is 0.137. The number of urea groups is 1. The monoisotopic (exact) mass is 349 g/mol. The molecule has 3 heterocycles. The van der Waals surface area contributed by atoms with Crippen LogP contribution in [0.2, 0.25) is 0 Å². The van der Waals surface area contributed by atoms with Crippen LogP contribution in [0.5, 0.6) is 0 Å². The van der Waals surface area contributed by atoms with Crippen molar-refractivity contribution in [2.45, 2.75) is 12.3 Å². The van der Waals surface area contributed by atoms with E-state index in [2.05, 4.69) is 32.6 Å². The Kier molecular flexibility index (Phi) is 4.59. The van der Waals surface area contributed by atoms with Crippen molar-refractivity contribution < 1.29 is 9.32 Å². The number of benzene rings is 1. The van der Waals surface area contributed by atoms with Gasteiger partial charge in [0, 0.05) is 37.6 Å². The van der Waals surface area contributed by atoms with E-state index in [4.69, 9.17) is 4.52 Å². The van der Waals surface area contributed by atoms with E-state index >= 15 is 0 Å². The highest BCUT2D eigenvalue weighted by Crippen LogP contribution is 2.27. The molecule has 1 saturated heterocycles. The molecular weight excluding hydrogens is 330 g/mol. The van der Waals surface area contributed by atoms with Crippen molar-refractivity contribution in [3.63, 3.8) is 0 Å². The summed E-state index contributed by atoms with van der Waals surface area (Å²) in [5.74, 6) is 1.22. The summed E-state index contributed by atoms with van der Waals surface area (Å²) < 4.78 is 5.35. The van der Waals surface area contributed by atoms with Gasteiger partial charge in [0.1, 0.15) is 0 Å². The number of nitrogens with one attached hydrogen (secondary N) is 1. The average molecular weight is 349 g/mol. The fraction of sp³-hybridized carbons (Fsp3) is 0.263. The molecule has 0 spiro atoms. The maximum atomic E-state index is 12.2. The summed E-state index contributed by atoms with van der Waals surface area (Å²) in [6, 6.07) is 13.7. The van der Waals surface area contributed by atoms with Gasteiger partial charge in [0.25, 0.3) is 0 Å². The van der Waals surface area contributed by atoms with Crippen molar-refractivity contribution in [1.82, 2.24) is 25.3 Å². The van der Waals surface area contributed by atoms with E-state index in [0.717, 1.165) is 12.0 Å². The Balaban J connectivity index is 1.25. The maximum Gasteiger partial charge on any atom is 0.317 e. The van der Waals surface area contributed by atoms with Crippen LogP contribution in [0.3, 0.4) is 0 Å². The smallest absolute Gasteiger partial charge is 0.317 e. The Bertz CT molecular complexity index is 860. The van der Waals surface area contributed by atoms with E-state index < -0.39 is 0 Å². The summed E-state index contributed by atoms with van der Waals surface area (Å²) >= 11 is 0. The highest BCUT2D eigenvalue weighted by atomic mass is 16.5. The van der Waals surface area contributed by atoms with Crippen LogP contribution in [0, 0.1) is 0 Å². The van der Waals surface area contributed by atoms with Gasteiger partial charge in [-0.1, -0.05) is 35.5 Å². The fourth-order valence-corrected chi connectivity index (χ4v) is 2.89. The fourth-order valence-electron chi connectivity index (χ4n) is 2.89. The van der Waals surface area contributed by atoms with Gasteiger partial charge in [0.05, 0.1) is 5.92 Å². The zero-order chi connectivity index (χ0) is 17.8. The number of pyridine rings is 1. The Morgan fingerprint density at radius 1 is 1.15 bits per heavy atom. The predicted molar refractivity (Wildman–Crippen MR) is 95.4 cm³/mol. The van der Waals surface area contributed by atoms with Crippen LogP contribution in [0.15, 0.2) is 59.4 Å². The zero-order valence-corrected chi connectivity index (χ0v) is 14.2. The molecule has 3 aromatic rings. The molecule has 1 aliphatic heterocycles. The van der Waals surface area contributed by atoms with Gasteiger partial charge < -0.3 is 14.7 Å². The standard InChI is InChI=1S/C19H19N5O2/c25-19(21-11-6-14-4-2-1-3-5-14)24-12-16(13-24)18-22-17(23-26-18)15-7-9-20-10-8-15/h1-5,7-10,16H,6,11-13H2,(H,21,25). The zero-order valence-electron chi connectivity index (χ0n) is 14.2. The normalized spacial score (nSPS) is 14.1. The molecule has 1 fully saturated rings. The number of rotatable bonds is 5. The van der Waals surface area contributed by atoms with Crippen LogP contribution in [0.25, 0.3) is 11.4 Å². The lowest BCUT2D eigenvalue weighted by atomic mass is 10.0. The summed E-state index contributed by atoms with van der Waals surface area (Å²) in [4.78, 5) is 22.3. The Morgan fingerprint density at radius 2 is 1.92 bits per heavy atom. The summed E-state index contributed by atoms with van der Waals surface area (Å²) in [5.41, 5.74) is 2.08. The SMILES string of the molecule is O=C(NCCc1ccccc1)N1CC(c2nc(-c3ccncc3)no2)C1. The van der Waals surface area contributed by atoms with Gasteiger partial charge in [-0.25, -0.2) is 4.79 Å². The number of carbonyl (C=O) groups is 1. The third-order valence-electron chi connectivity index (χ3n) is 4.43. The Hall–Kier alpha value is -3.22. The van der Waals surface area contributed by atoms with Gasteiger partial charge in [-0.15, -0.1) is 0 Å². The Labute approximate surface area is 151 Å². The number of amides is 2. The second-order valence-electron chi connectivity index (χ2n) is 6.26. The number of nitrogens with zero attached hydrogens (tertiary/aromatic N) is 4. The highest BCUT2D eigenvalue weighted by Gasteiger charge is 2.35. The second-order valence-corrected chi connectivity index (χ2v) is 6.26. The second kappa shape index (κ2) is 7.35. The van der Waals surface area contributed by atoms with Crippen molar-refractivity contribution in [2.24, 2.45) is 0 Å². The van der Waals surface area contributed by atoms with Gasteiger partial charge >= 0.3 is 6.03 Å². The lowest BCUT2D eigenvalue weighted by Crippen LogP contribution is -2.52. The number of carbonyl (C=O) groups excluding carboxylic acids is 1. The van der Waals surface area contributed by atoms with Crippen LogP contribution in [0.1, 0.15) is 17.4 Å². The molecule has 0 bridgehead atoms.